The van der Waals surface area contributed by atoms with Gasteiger partial charge in [0.2, 0.25) is 0 Å². The molecule has 2 aromatic carbocycles. The van der Waals surface area contributed by atoms with Gasteiger partial charge in [-0.3, -0.25) is 4.90 Å². The third-order valence-corrected chi connectivity index (χ3v) is 5.15. The summed E-state index contributed by atoms with van der Waals surface area (Å²) in [6.45, 7) is 3.66. The van der Waals surface area contributed by atoms with E-state index < -0.39 is 17.0 Å². The maximum absolute atomic E-state index is 12.4. The van der Waals surface area contributed by atoms with Gasteiger partial charge in [0.15, 0.2) is 0 Å². The van der Waals surface area contributed by atoms with Crippen LogP contribution in [-0.2, 0) is 17.5 Å². The highest BCUT2D eigenvalue weighted by Gasteiger charge is 2.41. The Balaban J connectivity index is 1.58. The molecule has 118 valence electrons. The molecule has 0 spiro atoms. The van der Waals surface area contributed by atoms with Crippen LogP contribution < -0.4 is 4.72 Å². The molecule has 0 bridgehead atoms. The van der Waals surface area contributed by atoms with E-state index in [0.29, 0.717) is 4.90 Å². The quantitative estimate of drug-likeness (QED) is 0.830. The molecule has 0 saturated carbocycles. The highest BCUT2D eigenvalue weighted by molar-refractivity contribution is 7.83. The van der Waals surface area contributed by atoms with Gasteiger partial charge in [0.1, 0.15) is 17.0 Å². The third kappa shape index (κ3) is 4.05. The van der Waals surface area contributed by atoms with Gasteiger partial charge in [-0.1, -0.05) is 48.0 Å². The summed E-state index contributed by atoms with van der Waals surface area (Å²) in [4.78, 5) is 2.91. The zero-order valence-electron chi connectivity index (χ0n) is 13.0. The monoisotopic (exact) mass is 325 g/mol. The normalized spacial score (nSPS) is 22.1. The van der Waals surface area contributed by atoms with Gasteiger partial charge in [-0.05, 0) is 24.6 Å². The lowest BCUT2D eigenvalue weighted by Gasteiger charge is -2.11. The Labute approximate surface area is 139 Å². The standard InChI is InChI=1S/C18H19N3OS/c1-14-7-9-16(10-8-14)23(22)20-17(11-19)18-13-21(18)12-15-5-3-2-4-6-15/h2-10,17-18,20H,12-13H2,1H3/t17-,18+,21?,23?/m0/s1. The molecule has 0 radical (unpaired) electrons. The first-order valence-corrected chi connectivity index (χ1v) is 8.74. The Hall–Kier alpha value is -2.00. The average molecular weight is 325 g/mol. The molecule has 2 unspecified atom stereocenters. The Morgan fingerprint density at radius 2 is 1.96 bits per heavy atom. The van der Waals surface area contributed by atoms with E-state index in [0.717, 1.165) is 18.7 Å². The van der Waals surface area contributed by atoms with Crippen molar-refractivity contribution in [1.82, 2.24) is 9.62 Å². The van der Waals surface area contributed by atoms with E-state index in [9.17, 15) is 9.47 Å². The molecule has 2 aromatic rings. The molecule has 0 amide bonds. The van der Waals surface area contributed by atoms with Gasteiger partial charge in [0, 0.05) is 13.1 Å². The minimum atomic E-state index is -1.36. The summed E-state index contributed by atoms with van der Waals surface area (Å²) in [6.07, 6.45) is 0. The van der Waals surface area contributed by atoms with Gasteiger partial charge in [0.05, 0.1) is 17.0 Å². The van der Waals surface area contributed by atoms with E-state index in [1.54, 1.807) is 0 Å². The van der Waals surface area contributed by atoms with E-state index in [4.69, 9.17) is 0 Å². The number of aryl methyl sites for hydroxylation is 1. The van der Waals surface area contributed by atoms with E-state index in [2.05, 4.69) is 27.8 Å². The minimum Gasteiger partial charge on any atom is -0.291 e. The lowest BCUT2D eigenvalue weighted by atomic mass is 10.2. The lowest BCUT2D eigenvalue weighted by molar-refractivity contribution is 0.476. The summed E-state index contributed by atoms with van der Waals surface area (Å²) in [5.41, 5.74) is 2.35. The molecule has 1 heterocycles. The molecule has 5 heteroatoms. The Kier molecular flexibility index (Phi) is 4.87. The fourth-order valence-electron chi connectivity index (χ4n) is 2.55. The van der Waals surface area contributed by atoms with Gasteiger partial charge >= 0.3 is 0 Å². The van der Waals surface area contributed by atoms with Crippen LogP contribution in [0.1, 0.15) is 11.1 Å². The molecule has 1 saturated heterocycles. The highest BCUT2D eigenvalue weighted by atomic mass is 32.2. The molecule has 0 aliphatic carbocycles. The first kappa shape index (κ1) is 15.9. The van der Waals surface area contributed by atoms with Crippen LogP contribution in [0.15, 0.2) is 59.5 Å². The smallest absolute Gasteiger partial charge is 0.126 e. The second-order valence-electron chi connectivity index (χ2n) is 5.79. The summed E-state index contributed by atoms with van der Waals surface area (Å²) in [5, 5.41) is 9.39. The van der Waals surface area contributed by atoms with Gasteiger partial charge in [-0.25, -0.2) is 8.93 Å². The van der Waals surface area contributed by atoms with Gasteiger partial charge < -0.3 is 0 Å². The predicted octanol–water partition coefficient (Wildman–Crippen LogP) is 2.38. The topological polar surface area (TPSA) is 55.9 Å². The number of benzene rings is 2. The number of hydrogen-bond acceptors (Lipinski definition) is 3. The van der Waals surface area contributed by atoms with Crippen molar-refractivity contribution in [2.75, 3.05) is 6.54 Å². The largest absolute Gasteiger partial charge is 0.291 e. The molecule has 1 fully saturated rings. The van der Waals surface area contributed by atoms with E-state index in [-0.39, 0.29) is 6.04 Å². The van der Waals surface area contributed by atoms with Crippen LogP contribution in [0.25, 0.3) is 0 Å². The number of hydrogen-bond donors (Lipinski definition) is 1. The van der Waals surface area contributed by atoms with Crippen molar-refractivity contribution in [3.05, 3.63) is 65.7 Å². The molecular formula is C18H19N3OS. The van der Waals surface area contributed by atoms with Gasteiger partial charge in [0.25, 0.3) is 0 Å². The Morgan fingerprint density at radius 3 is 2.61 bits per heavy atom. The number of nitrogens with one attached hydrogen (secondary N) is 1. The van der Waals surface area contributed by atoms with Crippen molar-refractivity contribution in [3.63, 3.8) is 0 Å². The summed E-state index contributed by atoms with van der Waals surface area (Å²) in [6, 6.07) is 19.6. The SMILES string of the molecule is Cc1ccc(S(=O)N[C@@H](C#N)[C@H]2CN2Cc2ccccc2)cc1. The van der Waals surface area contributed by atoms with Crippen LogP contribution >= 0.6 is 0 Å². The van der Waals surface area contributed by atoms with Crippen LogP contribution in [0, 0.1) is 18.3 Å². The summed E-state index contributed by atoms with van der Waals surface area (Å²) >= 11 is 0. The first-order valence-electron chi connectivity index (χ1n) is 7.59. The van der Waals surface area contributed by atoms with Crippen molar-refractivity contribution in [2.45, 2.75) is 30.4 Å². The maximum atomic E-state index is 12.4. The van der Waals surface area contributed by atoms with Crippen LogP contribution in [0.5, 0.6) is 0 Å². The van der Waals surface area contributed by atoms with Crippen molar-refractivity contribution < 1.29 is 4.21 Å². The fourth-order valence-corrected chi connectivity index (χ4v) is 3.51. The number of nitriles is 1. The van der Waals surface area contributed by atoms with Crippen LogP contribution in [-0.4, -0.2) is 27.7 Å². The number of nitrogens with zero attached hydrogens (tertiary/aromatic N) is 2. The minimum absolute atomic E-state index is 0.120. The molecule has 3 rings (SSSR count). The summed E-state index contributed by atoms with van der Waals surface area (Å²) in [5.74, 6) is 0. The van der Waals surface area contributed by atoms with E-state index in [1.165, 1.54) is 5.56 Å². The zero-order chi connectivity index (χ0) is 16.2. The lowest BCUT2D eigenvalue weighted by Crippen LogP contribution is -2.35. The molecule has 1 aliphatic heterocycles. The second-order valence-corrected chi connectivity index (χ2v) is 7.03. The molecule has 1 N–H and O–H groups in total. The molecule has 1 aliphatic rings. The molecule has 23 heavy (non-hydrogen) atoms. The Morgan fingerprint density at radius 1 is 1.26 bits per heavy atom. The van der Waals surface area contributed by atoms with Crippen LogP contribution in [0.3, 0.4) is 0 Å². The van der Waals surface area contributed by atoms with E-state index >= 15 is 0 Å². The van der Waals surface area contributed by atoms with Crippen LogP contribution in [0.4, 0.5) is 0 Å². The predicted molar refractivity (Wildman–Crippen MR) is 90.8 cm³/mol. The average Bonchev–Trinajstić information content (AvgIpc) is 3.33. The first-order chi connectivity index (χ1) is 11.2. The molecule has 4 nitrogen and oxygen atoms in total. The fraction of sp³-hybridized carbons (Fsp3) is 0.278. The second kappa shape index (κ2) is 7.05. The molecular weight excluding hydrogens is 306 g/mol. The van der Waals surface area contributed by atoms with Gasteiger partial charge in [-0.2, -0.15) is 5.26 Å². The highest BCUT2D eigenvalue weighted by Crippen LogP contribution is 2.24. The molecule has 0 aromatic heterocycles. The zero-order valence-corrected chi connectivity index (χ0v) is 13.8. The van der Waals surface area contributed by atoms with Crippen molar-refractivity contribution >= 4 is 11.0 Å². The van der Waals surface area contributed by atoms with E-state index in [1.807, 2.05) is 49.4 Å². The molecule has 4 atom stereocenters. The van der Waals surface area contributed by atoms with Gasteiger partial charge in [-0.15, -0.1) is 0 Å². The van der Waals surface area contributed by atoms with Crippen molar-refractivity contribution in [3.8, 4) is 6.07 Å². The van der Waals surface area contributed by atoms with Crippen molar-refractivity contribution in [1.29, 1.82) is 5.26 Å². The summed E-state index contributed by atoms with van der Waals surface area (Å²) < 4.78 is 15.3. The summed E-state index contributed by atoms with van der Waals surface area (Å²) in [7, 11) is -1.36. The number of rotatable bonds is 6. The van der Waals surface area contributed by atoms with Crippen LogP contribution in [0.2, 0.25) is 0 Å². The van der Waals surface area contributed by atoms with Crippen molar-refractivity contribution in [2.24, 2.45) is 0 Å². The third-order valence-electron chi connectivity index (χ3n) is 3.98. The maximum Gasteiger partial charge on any atom is 0.126 e. The Bertz CT molecular complexity index is 724.